The first kappa shape index (κ1) is 25.4. The highest BCUT2D eigenvalue weighted by atomic mass is 32.2. The predicted octanol–water partition coefficient (Wildman–Crippen LogP) is 5.83. The van der Waals surface area contributed by atoms with Crippen LogP contribution in [0.3, 0.4) is 0 Å². The highest BCUT2D eigenvalue weighted by molar-refractivity contribution is 8.00. The van der Waals surface area contributed by atoms with Crippen molar-refractivity contribution in [2.75, 3.05) is 4.90 Å². The van der Waals surface area contributed by atoms with Crippen LogP contribution in [-0.2, 0) is 22.4 Å². The summed E-state index contributed by atoms with van der Waals surface area (Å²) in [5, 5.41) is -0.539. The summed E-state index contributed by atoms with van der Waals surface area (Å²) >= 11 is 1.95. The Morgan fingerprint density at radius 3 is 2.28 bits per heavy atom. The van der Waals surface area contributed by atoms with Gasteiger partial charge < -0.3 is 9.72 Å². The third kappa shape index (κ3) is 4.55. The molecule has 0 aliphatic carbocycles. The van der Waals surface area contributed by atoms with Crippen LogP contribution in [0.1, 0.15) is 27.5 Å². The second kappa shape index (κ2) is 9.73. The van der Waals surface area contributed by atoms with Gasteiger partial charge >= 0.3 is 11.0 Å². The number of hydrogen-bond acceptors (Lipinski definition) is 6. The SMILES string of the molecule is O=C1C2Sc3[nH]c(=O)sc3C(c3ccc(OCc4ccccc4)cc3)C2C(=O)N1c1ccccc1C(F)(F)F. The van der Waals surface area contributed by atoms with Gasteiger partial charge in [-0.3, -0.25) is 14.4 Å². The number of fused-ring (bicyclic) bond motifs is 2. The molecule has 1 saturated heterocycles. The monoisotopic (exact) mass is 568 g/mol. The van der Waals surface area contributed by atoms with Crippen molar-refractivity contribution in [2.45, 2.75) is 29.0 Å². The summed E-state index contributed by atoms with van der Waals surface area (Å²) in [7, 11) is 0. The number of anilines is 1. The molecule has 1 fully saturated rings. The number of carbonyl (C=O) groups is 2. The van der Waals surface area contributed by atoms with Crippen molar-refractivity contribution >= 4 is 40.6 Å². The lowest BCUT2D eigenvalue weighted by Crippen LogP contribution is -2.33. The van der Waals surface area contributed by atoms with Gasteiger partial charge in [0.15, 0.2) is 0 Å². The van der Waals surface area contributed by atoms with Gasteiger partial charge in [-0.1, -0.05) is 77.7 Å². The van der Waals surface area contributed by atoms with E-state index >= 15 is 0 Å². The molecule has 39 heavy (non-hydrogen) atoms. The topological polar surface area (TPSA) is 79.5 Å². The lowest BCUT2D eigenvalue weighted by Gasteiger charge is -2.29. The second-order valence-corrected chi connectivity index (χ2v) is 11.3. The number of ether oxygens (including phenoxy) is 1. The van der Waals surface area contributed by atoms with E-state index in [-0.39, 0.29) is 4.87 Å². The molecule has 0 saturated carbocycles. The number of thiazole rings is 1. The molecule has 3 aromatic carbocycles. The van der Waals surface area contributed by atoms with Crippen molar-refractivity contribution in [1.29, 1.82) is 0 Å². The second-order valence-electron chi connectivity index (χ2n) is 9.12. The number of aromatic amines is 1. The van der Waals surface area contributed by atoms with Crippen LogP contribution in [-0.4, -0.2) is 22.0 Å². The Kier molecular flexibility index (Phi) is 6.35. The van der Waals surface area contributed by atoms with Crippen LogP contribution in [0.15, 0.2) is 88.7 Å². The Bertz CT molecular complexity index is 1620. The van der Waals surface area contributed by atoms with Crippen LogP contribution in [0, 0.1) is 5.92 Å². The van der Waals surface area contributed by atoms with Crippen LogP contribution in [0.25, 0.3) is 0 Å². The van der Waals surface area contributed by atoms with Crippen molar-refractivity contribution in [3.63, 3.8) is 0 Å². The van der Waals surface area contributed by atoms with E-state index in [9.17, 15) is 27.6 Å². The summed E-state index contributed by atoms with van der Waals surface area (Å²) in [6.07, 6.45) is -4.75. The first-order valence-electron chi connectivity index (χ1n) is 11.9. The van der Waals surface area contributed by atoms with Gasteiger partial charge in [0.05, 0.1) is 22.2 Å². The quantitative estimate of drug-likeness (QED) is 0.307. The summed E-state index contributed by atoms with van der Waals surface area (Å²) in [4.78, 5) is 43.2. The van der Waals surface area contributed by atoms with E-state index in [0.29, 0.717) is 32.7 Å². The standard InChI is InChI=1S/C28H19F3N2O4S2/c29-28(30,31)18-8-4-5-9-19(18)33-25(34)21-20(22-24(32-27(36)39-22)38-23(21)26(33)35)16-10-12-17(13-11-16)37-14-15-6-2-1-3-7-15/h1-13,20-21,23H,14H2,(H,32,36). The molecule has 0 radical (unpaired) electrons. The van der Waals surface area contributed by atoms with Gasteiger partial charge in [0.1, 0.15) is 17.6 Å². The van der Waals surface area contributed by atoms with Gasteiger partial charge in [-0.25, -0.2) is 4.90 Å². The lowest BCUT2D eigenvalue weighted by molar-refractivity contribution is -0.137. The summed E-state index contributed by atoms with van der Waals surface area (Å²) in [5.74, 6) is -2.56. The number of imide groups is 1. The first-order chi connectivity index (χ1) is 18.7. The number of para-hydroxylation sites is 1. The number of H-pyrrole nitrogens is 1. The zero-order chi connectivity index (χ0) is 27.3. The number of rotatable bonds is 5. The van der Waals surface area contributed by atoms with Gasteiger partial charge in [-0.05, 0) is 35.4 Å². The van der Waals surface area contributed by atoms with Crippen LogP contribution in [0.2, 0.25) is 0 Å². The van der Waals surface area contributed by atoms with E-state index in [2.05, 4.69) is 4.98 Å². The zero-order valence-electron chi connectivity index (χ0n) is 20.0. The molecule has 2 aliphatic rings. The number of alkyl halides is 3. The normalized spacial score (nSPS) is 20.6. The van der Waals surface area contributed by atoms with Crippen LogP contribution in [0.5, 0.6) is 5.75 Å². The highest BCUT2D eigenvalue weighted by Crippen LogP contribution is 2.54. The molecule has 3 atom stereocenters. The average molecular weight is 569 g/mol. The van der Waals surface area contributed by atoms with Crippen LogP contribution in [0.4, 0.5) is 18.9 Å². The Morgan fingerprint density at radius 1 is 0.872 bits per heavy atom. The molecule has 0 bridgehead atoms. The van der Waals surface area contributed by atoms with E-state index in [4.69, 9.17) is 4.74 Å². The predicted molar refractivity (Wildman–Crippen MR) is 141 cm³/mol. The van der Waals surface area contributed by atoms with Gasteiger partial charge in [0.25, 0.3) is 0 Å². The third-order valence-corrected chi connectivity index (χ3v) is 9.16. The Labute approximate surface area is 228 Å². The van der Waals surface area contributed by atoms with Gasteiger partial charge in [-0.2, -0.15) is 13.2 Å². The van der Waals surface area contributed by atoms with Crippen molar-refractivity contribution in [2.24, 2.45) is 5.92 Å². The number of hydrogen-bond donors (Lipinski definition) is 1. The van der Waals surface area contributed by atoms with Gasteiger partial charge in [0, 0.05) is 10.8 Å². The summed E-state index contributed by atoms with van der Waals surface area (Å²) in [5.41, 5.74) is 0.0935. The number of thioether (sulfide) groups is 1. The minimum absolute atomic E-state index is 0.334. The fourth-order valence-corrected chi connectivity index (χ4v) is 7.55. The molecule has 1 aromatic heterocycles. The molecule has 11 heteroatoms. The largest absolute Gasteiger partial charge is 0.489 e. The zero-order valence-corrected chi connectivity index (χ0v) is 21.6. The molecule has 1 N–H and O–H groups in total. The first-order valence-corrected chi connectivity index (χ1v) is 13.6. The van der Waals surface area contributed by atoms with E-state index in [1.807, 2.05) is 30.3 Å². The molecule has 3 unspecified atom stereocenters. The van der Waals surface area contributed by atoms with Crippen molar-refractivity contribution in [1.82, 2.24) is 4.98 Å². The fourth-order valence-electron chi connectivity index (χ4n) is 5.03. The molecule has 2 amide bonds. The number of halogens is 3. The Hall–Kier alpha value is -3.83. The number of aromatic nitrogens is 1. The van der Waals surface area contributed by atoms with E-state index in [0.717, 1.165) is 40.8 Å². The van der Waals surface area contributed by atoms with Gasteiger partial charge in [0.2, 0.25) is 11.8 Å². The minimum Gasteiger partial charge on any atom is -0.489 e. The van der Waals surface area contributed by atoms with Gasteiger partial charge in [-0.15, -0.1) is 0 Å². The molecule has 2 aliphatic heterocycles. The molecule has 6 nitrogen and oxygen atoms in total. The molecule has 3 heterocycles. The number of nitrogens with zero attached hydrogens (tertiary/aromatic N) is 1. The van der Waals surface area contributed by atoms with Crippen molar-refractivity contribution in [3.05, 3.63) is 110 Å². The van der Waals surface area contributed by atoms with Crippen LogP contribution >= 0.6 is 23.1 Å². The van der Waals surface area contributed by atoms with Crippen LogP contribution < -0.4 is 14.5 Å². The highest BCUT2D eigenvalue weighted by Gasteiger charge is 2.57. The average Bonchev–Trinajstić information content (AvgIpc) is 3.42. The lowest BCUT2D eigenvalue weighted by atomic mass is 9.83. The van der Waals surface area contributed by atoms with E-state index in [1.54, 1.807) is 24.3 Å². The molecule has 198 valence electrons. The number of carbonyl (C=O) groups excluding carboxylic acids is 2. The summed E-state index contributed by atoms with van der Waals surface area (Å²) in [6.45, 7) is 0.356. The Morgan fingerprint density at radius 2 is 1.56 bits per heavy atom. The molecule has 4 aromatic rings. The fraction of sp³-hybridized carbons (Fsp3) is 0.179. The third-order valence-electron chi connectivity index (χ3n) is 6.76. The van der Waals surface area contributed by atoms with E-state index < -0.39 is 46.3 Å². The smallest absolute Gasteiger partial charge is 0.418 e. The maximum absolute atomic E-state index is 13.8. The summed E-state index contributed by atoms with van der Waals surface area (Å²) in [6, 6.07) is 21.2. The van der Waals surface area contributed by atoms with Crippen molar-refractivity contribution in [3.8, 4) is 5.75 Å². The molecule has 0 spiro atoms. The molecular formula is C28H19F3N2O4S2. The Balaban J connectivity index is 1.36. The number of nitrogens with one attached hydrogen (secondary N) is 1. The van der Waals surface area contributed by atoms with E-state index in [1.165, 1.54) is 12.1 Å². The molecule has 6 rings (SSSR count). The molecular weight excluding hydrogens is 549 g/mol. The number of benzene rings is 3. The van der Waals surface area contributed by atoms with Crippen molar-refractivity contribution < 1.29 is 27.5 Å². The number of amides is 2. The maximum atomic E-state index is 13.8. The summed E-state index contributed by atoms with van der Waals surface area (Å²) < 4.78 is 47.2. The maximum Gasteiger partial charge on any atom is 0.418 e. The minimum atomic E-state index is -4.75.